The molecule has 0 spiro atoms. The first-order valence-electron chi connectivity index (χ1n) is 8.28. The van der Waals surface area contributed by atoms with Gasteiger partial charge < -0.3 is 13.7 Å². The minimum atomic E-state index is -0.307. The second kappa shape index (κ2) is 6.88. The lowest BCUT2D eigenvalue weighted by molar-refractivity contribution is 0.0974. The Hall–Kier alpha value is -3.13. The number of aryl methyl sites for hydroxylation is 2. The van der Waals surface area contributed by atoms with Crippen LogP contribution in [0.3, 0.4) is 0 Å². The number of furan rings is 1. The highest BCUT2D eigenvalue weighted by Crippen LogP contribution is 2.37. The molecule has 3 heterocycles. The van der Waals surface area contributed by atoms with Gasteiger partial charge in [-0.3, -0.25) is 9.69 Å². The van der Waals surface area contributed by atoms with E-state index in [1.54, 1.807) is 37.3 Å². The van der Waals surface area contributed by atoms with E-state index < -0.39 is 0 Å². The van der Waals surface area contributed by atoms with Crippen LogP contribution in [0.5, 0.6) is 5.75 Å². The molecule has 0 aliphatic carbocycles. The van der Waals surface area contributed by atoms with Crippen LogP contribution in [0, 0.1) is 13.8 Å². The number of methoxy groups -OCH3 is 1. The van der Waals surface area contributed by atoms with E-state index in [1.807, 2.05) is 25.1 Å². The van der Waals surface area contributed by atoms with Crippen molar-refractivity contribution in [1.29, 1.82) is 0 Å². The maximum Gasteiger partial charge on any atom is 0.282 e. The maximum atomic E-state index is 13.1. The molecule has 1 amide bonds. The van der Waals surface area contributed by atoms with Gasteiger partial charge in [0, 0.05) is 6.07 Å². The largest absolute Gasteiger partial charge is 0.494 e. The Balaban J connectivity index is 1.81. The number of anilines is 1. The van der Waals surface area contributed by atoms with Crippen molar-refractivity contribution in [3.63, 3.8) is 0 Å². The number of benzene rings is 1. The molecular weight excluding hydrogens is 366 g/mol. The van der Waals surface area contributed by atoms with Gasteiger partial charge in [0.25, 0.3) is 5.91 Å². The number of amides is 1. The number of hydrogen-bond donors (Lipinski definition) is 0. The first-order valence-corrected chi connectivity index (χ1v) is 9.10. The van der Waals surface area contributed by atoms with E-state index in [1.165, 1.54) is 11.3 Å². The molecule has 8 heteroatoms. The summed E-state index contributed by atoms with van der Waals surface area (Å²) in [6.07, 6.45) is 1.57. The van der Waals surface area contributed by atoms with Crippen LogP contribution in [0.1, 0.15) is 27.6 Å². The number of hydrogen-bond acceptors (Lipinski definition) is 7. The molecule has 0 atom stereocenters. The molecule has 0 aliphatic heterocycles. The van der Waals surface area contributed by atoms with Gasteiger partial charge in [0.1, 0.15) is 22.8 Å². The Kier molecular flexibility index (Phi) is 4.41. The van der Waals surface area contributed by atoms with E-state index in [4.69, 9.17) is 13.7 Å². The number of rotatable bonds is 5. The molecular formula is C19H17N3O4S. The van der Waals surface area contributed by atoms with Gasteiger partial charge in [0.2, 0.25) is 0 Å². The molecule has 0 saturated carbocycles. The van der Waals surface area contributed by atoms with Gasteiger partial charge in [0.15, 0.2) is 10.8 Å². The Morgan fingerprint density at radius 3 is 2.81 bits per heavy atom. The Bertz CT molecular complexity index is 1100. The van der Waals surface area contributed by atoms with Gasteiger partial charge in [0.05, 0.1) is 24.6 Å². The molecule has 138 valence electrons. The average Bonchev–Trinajstić information content (AvgIpc) is 3.40. The third kappa shape index (κ3) is 3.19. The van der Waals surface area contributed by atoms with E-state index in [0.29, 0.717) is 22.4 Å². The predicted molar refractivity (Wildman–Crippen MR) is 101 cm³/mol. The minimum Gasteiger partial charge on any atom is -0.494 e. The van der Waals surface area contributed by atoms with Crippen LogP contribution in [0.25, 0.3) is 10.2 Å². The number of aromatic nitrogens is 2. The van der Waals surface area contributed by atoms with Gasteiger partial charge in [-0.2, -0.15) is 0 Å². The van der Waals surface area contributed by atoms with Gasteiger partial charge in [-0.15, -0.1) is 0 Å². The van der Waals surface area contributed by atoms with Crippen molar-refractivity contribution in [2.45, 2.75) is 20.4 Å². The third-order valence-electron chi connectivity index (χ3n) is 4.13. The van der Waals surface area contributed by atoms with E-state index in [9.17, 15) is 4.79 Å². The van der Waals surface area contributed by atoms with Crippen LogP contribution < -0.4 is 9.64 Å². The Morgan fingerprint density at radius 2 is 2.15 bits per heavy atom. The highest BCUT2D eigenvalue weighted by atomic mass is 32.1. The molecule has 0 saturated heterocycles. The van der Waals surface area contributed by atoms with E-state index in [-0.39, 0.29) is 18.1 Å². The summed E-state index contributed by atoms with van der Waals surface area (Å²) in [7, 11) is 1.60. The number of nitrogens with zero attached hydrogens (tertiary/aromatic N) is 3. The van der Waals surface area contributed by atoms with Gasteiger partial charge >= 0.3 is 0 Å². The van der Waals surface area contributed by atoms with Crippen LogP contribution in [0.2, 0.25) is 0 Å². The monoisotopic (exact) mass is 383 g/mol. The summed E-state index contributed by atoms with van der Waals surface area (Å²) < 4.78 is 16.9. The first kappa shape index (κ1) is 17.3. The molecule has 0 bridgehead atoms. The zero-order chi connectivity index (χ0) is 19.0. The van der Waals surface area contributed by atoms with E-state index in [0.717, 1.165) is 15.8 Å². The van der Waals surface area contributed by atoms with Crippen molar-refractivity contribution in [3.8, 4) is 5.75 Å². The highest BCUT2D eigenvalue weighted by molar-refractivity contribution is 7.22. The smallest absolute Gasteiger partial charge is 0.282 e. The standard InChI is InChI=1S/C19H17N3O4S/c1-11-6-7-15(24-3)16-17(11)27-19(20-16)22(10-13-5-4-8-25-13)18(23)14-9-12(2)26-21-14/h4-9H,10H2,1-3H3. The van der Waals surface area contributed by atoms with Crippen molar-refractivity contribution in [1.82, 2.24) is 10.1 Å². The number of ether oxygens (including phenoxy) is 1. The summed E-state index contributed by atoms with van der Waals surface area (Å²) in [4.78, 5) is 19.3. The van der Waals surface area contributed by atoms with Gasteiger partial charge in [-0.1, -0.05) is 22.6 Å². The van der Waals surface area contributed by atoms with Crippen LogP contribution in [-0.2, 0) is 6.54 Å². The second-order valence-corrected chi connectivity index (χ2v) is 7.03. The third-order valence-corrected chi connectivity index (χ3v) is 5.34. The quantitative estimate of drug-likeness (QED) is 0.510. The molecule has 4 aromatic rings. The fraction of sp³-hybridized carbons (Fsp3) is 0.211. The van der Waals surface area contributed by atoms with Crippen molar-refractivity contribution < 1.29 is 18.5 Å². The zero-order valence-corrected chi connectivity index (χ0v) is 15.9. The molecule has 4 rings (SSSR count). The predicted octanol–water partition coefficient (Wildman–Crippen LogP) is 4.35. The van der Waals surface area contributed by atoms with Crippen molar-refractivity contribution in [2.24, 2.45) is 0 Å². The molecule has 0 aliphatic rings. The molecule has 27 heavy (non-hydrogen) atoms. The highest BCUT2D eigenvalue weighted by Gasteiger charge is 2.26. The summed E-state index contributed by atoms with van der Waals surface area (Å²) >= 11 is 1.43. The van der Waals surface area contributed by atoms with Crippen molar-refractivity contribution in [2.75, 3.05) is 12.0 Å². The van der Waals surface area contributed by atoms with E-state index >= 15 is 0 Å². The summed E-state index contributed by atoms with van der Waals surface area (Å²) in [6.45, 7) is 3.98. The Labute approximate surface area is 159 Å². The fourth-order valence-electron chi connectivity index (χ4n) is 2.77. The molecule has 1 aromatic carbocycles. The average molecular weight is 383 g/mol. The zero-order valence-electron chi connectivity index (χ0n) is 15.1. The summed E-state index contributed by atoms with van der Waals surface area (Å²) in [5.74, 6) is 1.57. The first-order chi connectivity index (χ1) is 13.1. The maximum absolute atomic E-state index is 13.1. The molecule has 0 unspecified atom stereocenters. The van der Waals surface area contributed by atoms with E-state index in [2.05, 4.69) is 10.1 Å². The van der Waals surface area contributed by atoms with Crippen molar-refractivity contribution >= 4 is 32.6 Å². The number of thiazole rings is 1. The van der Waals surface area contributed by atoms with Crippen molar-refractivity contribution in [3.05, 3.63) is 59.4 Å². The normalized spacial score (nSPS) is 11.1. The van der Waals surface area contributed by atoms with Crippen LogP contribution in [-0.4, -0.2) is 23.2 Å². The Morgan fingerprint density at radius 1 is 1.30 bits per heavy atom. The lowest BCUT2D eigenvalue weighted by Crippen LogP contribution is -2.30. The molecule has 0 fully saturated rings. The lowest BCUT2D eigenvalue weighted by atomic mass is 10.2. The number of fused-ring (bicyclic) bond motifs is 1. The van der Waals surface area contributed by atoms with Crippen LogP contribution in [0.15, 0.2) is 45.5 Å². The summed E-state index contributed by atoms with van der Waals surface area (Å²) in [6, 6.07) is 9.05. The molecule has 7 nitrogen and oxygen atoms in total. The molecule has 0 radical (unpaired) electrons. The fourth-order valence-corrected chi connectivity index (χ4v) is 3.82. The van der Waals surface area contributed by atoms with Crippen LogP contribution in [0.4, 0.5) is 5.13 Å². The van der Waals surface area contributed by atoms with Crippen LogP contribution >= 0.6 is 11.3 Å². The SMILES string of the molecule is COc1ccc(C)c2sc(N(Cc3ccco3)C(=O)c3cc(C)on3)nc12. The number of carbonyl (C=O) groups excluding carboxylic acids is 1. The molecule has 0 N–H and O–H groups in total. The lowest BCUT2D eigenvalue weighted by Gasteiger charge is -2.17. The summed E-state index contributed by atoms with van der Waals surface area (Å²) in [5.41, 5.74) is 2.02. The summed E-state index contributed by atoms with van der Waals surface area (Å²) in [5, 5.41) is 4.39. The molecule has 3 aromatic heterocycles. The topological polar surface area (TPSA) is 81.6 Å². The number of carbonyl (C=O) groups is 1. The van der Waals surface area contributed by atoms with Gasteiger partial charge in [-0.05, 0) is 37.6 Å². The second-order valence-electron chi connectivity index (χ2n) is 6.05. The minimum absolute atomic E-state index is 0.224. The van der Waals surface area contributed by atoms with Gasteiger partial charge in [-0.25, -0.2) is 4.98 Å².